The fourth-order valence-electron chi connectivity index (χ4n) is 2.34. The Bertz CT molecular complexity index is 468. The molecule has 0 saturated heterocycles. The van der Waals surface area contributed by atoms with Gasteiger partial charge in [0.05, 0.1) is 11.9 Å². The van der Waals surface area contributed by atoms with Gasteiger partial charge in [0, 0.05) is 5.70 Å². The average Bonchev–Trinajstić information content (AvgIpc) is 2.69. The first-order chi connectivity index (χ1) is 8.28. The van der Waals surface area contributed by atoms with Crippen LogP contribution in [0.25, 0.3) is 0 Å². The van der Waals surface area contributed by atoms with E-state index in [1.165, 1.54) is 17.7 Å². The second kappa shape index (κ2) is 4.53. The van der Waals surface area contributed by atoms with Gasteiger partial charge in [0.1, 0.15) is 0 Å². The van der Waals surface area contributed by atoms with E-state index in [2.05, 4.69) is 22.3 Å². The number of nitrogens with zero attached hydrogens (tertiary/aromatic N) is 3. The molecule has 1 N–H and O–H groups in total. The molecule has 1 atom stereocenters. The fraction of sp³-hybridized carbons (Fsp3) is 0.636. The molecule has 17 heavy (non-hydrogen) atoms. The molecule has 0 amide bonds. The van der Waals surface area contributed by atoms with E-state index >= 15 is 0 Å². The zero-order valence-electron chi connectivity index (χ0n) is 9.74. The van der Waals surface area contributed by atoms with Crippen LogP contribution < -0.4 is 5.32 Å². The number of halogens is 1. The first-order valence-electron chi connectivity index (χ1n) is 5.98. The third kappa shape index (κ3) is 2.06. The van der Waals surface area contributed by atoms with Gasteiger partial charge in [0.2, 0.25) is 11.1 Å². The Morgan fingerprint density at radius 2 is 2.47 bits per heavy atom. The van der Waals surface area contributed by atoms with Crippen molar-refractivity contribution >= 4 is 29.3 Å². The minimum Gasteiger partial charge on any atom is -0.327 e. The molecule has 92 valence electrons. The van der Waals surface area contributed by atoms with Gasteiger partial charge in [-0.25, -0.2) is 4.68 Å². The number of hydrogen-bond donors (Lipinski definition) is 1. The highest BCUT2D eigenvalue weighted by molar-refractivity contribution is 7.99. The molecule has 2 aliphatic rings. The molecular formula is C11H15ClN4S. The van der Waals surface area contributed by atoms with E-state index in [0.29, 0.717) is 0 Å². The Morgan fingerprint density at radius 1 is 1.59 bits per heavy atom. The summed E-state index contributed by atoms with van der Waals surface area (Å²) in [5.74, 6) is 1.83. The second-order valence-corrected chi connectivity index (χ2v) is 6.07. The molecule has 0 bridgehead atoms. The molecule has 1 aliphatic heterocycles. The third-order valence-electron chi connectivity index (χ3n) is 3.14. The maximum Gasteiger partial charge on any atom is 0.226 e. The number of nitrogens with one attached hydrogen (secondary N) is 1. The summed E-state index contributed by atoms with van der Waals surface area (Å²) in [7, 11) is 0. The smallest absolute Gasteiger partial charge is 0.226 e. The molecular weight excluding hydrogens is 256 g/mol. The lowest BCUT2D eigenvalue weighted by molar-refractivity contribution is 0.573. The molecule has 6 heteroatoms. The number of rotatable bonds is 2. The van der Waals surface area contributed by atoms with Crippen LogP contribution in [0.2, 0.25) is 0 Å². The Hall–Kier alpha value is -0.680. The summed E-state index contributed by atoms with van der Waals surface area (Å²) in [6.45, 7) is 2.95. The summed E-state index contributed by atoms with van der Waals surface area (Å²) in [6, 6.07) is 0. The van der Waals surface area contributed by atoms with Crippen LogP contribution in [0.15, 0.2) is 16.4 Å². The van der Waals surface area contributed by atoms with E-state index in [1.807, 2.05) is 4.68 Å². The second-order valence-electron chi connectivity index (χ2n) is 4.31. The summed E-state index contributed by atoms with van der Waals surface area (Å²) in [4.78, 5) is 4.48. The monoisotopic (exact) mass is 270 g/mol. The van der Waals surface area contributed by atoms with E-state index in [1.54, 1.807) is 11.8 Å². The van der Waals surface area contributed by atoms with Crippen molar-refractivity contribution in [3.05, 3.63) is 11.3 Å². The fourth-order valence-corrected chi connectivity index (χ4v) is 3.27. The molecule has 0 radical (unpaired) electrons. The number of allylic oxidation sites excluding steroid dienone is 2. The van der Waals surface area contributed by atoms with Crippen LogP contribution in [0.4, 0.5) is 5.95 Å². The Balaban J connectivity index is 1.88. The molecule has 1 unspecified atom stereocenters. The molecule has 4 nitrogen and oxygen atoms in total. The van der Waals surface area contributed by atoms with Gasteiger partial charge in [-0.3, -0.25) is 0 Å². The lowest BCUT2D eigenvalue weighted by atomic mass is 9.95. The number of fused-ring (bicyclic) bond motifs is 1. The van der Waals surface area contributed by atoms with Crippen LogP contribution >= 0.6 is 23.4 Å². The highest BCUT2D eigenvalue weighted by Crippen LogP contribution is 2.34. The van der Waals surface area contributed by atoms with E-state index in [0.717, 1.165) is 36.2 Å². The molecule has 2 heterocycles. The molecule has 0 spiro atoms. The lowest BCUT2D eigenvalue weighted by Crippen LogP contribution is -2.27. The van der Waals surface area contributed by atoms with Gasteiger partial charge in [-0.05, 0) is 30.6 Å². The number of thioether (sulfide) groups is 1. The molecule has 1 aromatic rings. The van der Waals surface area contributed by atoms with Crippen LogP contribution in [-0.4, -0.2) is 25.9 Å². The zero-order chi connectivity index (χ0) is 11.8. The molecule has 0 saturated carbocycles. The van der Waals surface area contributed by atoms with Gasteiger partial charge < -0.3 is 5.32 Å². The van der Waals surface area contributed by atoms with Gasteiger partial charge in [0.25, 0.3) is 0 Å². The van der Waals surface area contributed by atoms with E-state index < -0.39 is 0 Å². The predicted molar refractivity (Wildman–Crippen MR) is 70.6 cm³/mol. The molecule has 0 fully saturated rings. The van der Waals surface area contributed by atoms with Crippen LogP contribution in [-0.2, 0) is 6.54 Å². The van der Waals surface area contributed by atoms with Crippen molar-refractivity contribution in [2.75, 3.05) is 11.1 Å². The predicted octanol–water partition coefficient (Wildman–Crippen LogP) is 2.86. The molecule has 1 aromatic heterocycles. The maximum absolute atomic E-state index is 6.34. The first kappa shape index (κ1) is 11.4. The average molecular weight is 271 g/mol. The zero-order valence-corrected chi connectivity index (χ0v) is 11.3. The van der Waals surface area contributed by atoms with Crippen molar-refractivity contribution in [1.82, 2.24) is 14.8 Å². The Kier molecular flexibility index (Phi) is 3.04. The summed E-state index contributed by atoms with van der Waals surface area (Å²) < 4.78 is 1.95. The topological polar surface area (TPSA) is 42.7 Å². The van der Waals surface area contributed by atoms with Crippen LogP contribution in [0.5, 0.6) is 0 Å². The molecule has 3 rings (SSSR count). The van der Waals surface area contributed by atoms with Crippen molar-refractivity contribution in [3.63, 3.8) is 0 Å². The van der Waals surface area contributed by atoms with Crippen molar-refractivity contribution in [2.24, 2.45) is 0 Å². The molecule has 1 aliphatic carbocycles. The van der Waals surface area contributed by atoms with Crippen LogP contribution in [0.3, 0.4) is 0 Å². The first-order valence-corrected chi connectivity index (χ1v) is 7.40. The van der Waals surface area contributed by atoms with Gasteiger partial charge >= 0.3 is 0 Å². The summed E-state index contributed by atoms with van der Waals surface area (Å²) >= 11 is 8.01. The van der Waals surface area contributed by atoms with Crippen molar-refractivity contribution in [3.8, 4) is 0 Å². The van der Waals surface area contributed by atoms with E-state index in [4.69, 9.17) is 11.6 Å². The van der Waals surface area contributed by atoms with Crippen molar-refractivity contribution in [2.45, 2.75) is 43.3 Å². The lowest BCUT2D eigenvalue weighted by Gasteiger charge is -2.29. The van der Waals surface area contributed by atoms with Crippen LogP contribution in [0, 0.1) is 0 Å². The number of hydrogen-bond acceptors (Lipinski definition) is 4. The summed E-state index contributed by atoms with van der Waals surface area (Å²) in [6.07, 6.45) is 3.36. The highest BCUT2D eigenvalue weighted by Gasteiger charge is 2.27. The standard InChI is InChI=1S/C11H15ClN4S/c1-2-17-11-14-10-13-9-7(6-16(10)15-11)4-3-5-8(9)12/h8H,2-6H2,1H3,(H,13,14,15). The quantitative estimate of drug-likeness (QED) is 0.663. The summed E-state index contributed by atoms with van der Waals surface area (Å²) in [5.41, 5.74) is 2.56. The SMILES string of the molecule is CCSc1nc2n(n1)CC1=C(N2)C(Cl)CCC1. The van der Waals surface area contributed by atoms with E-state index in [-0.39, 0.29) is 5.38 Å². The normalized spacial score (nSPS) is 23.1. The number of aromatic nitrogens is 3. The third-order valence-corrected chi connectivity index (χ3v) is 4.30. The highest BCUT2D eigenvalue weighted by atomic mass is 35.5. The largest absolute Gasteiger partial charge is 0.327 e. The van der Waals surface area contributed by atoms with Gasteiger partial charge in [-0.15, -0.1) is 16.7 Å². The van der Waals surface area contributed by atoms with Crippen molar-refractivity contribution < 1.29 is 0 Å². The van der Waals surface area contributed by atoms with Gasteiger partial charge in [-0.1, -0.05) is 18.7 Å². The van der Waals surface area contributed by atoms with E-state index in [9.17, 15) is 0 Å². The summed E-state index contributed by atoms with van der Waals surface area (Å²) in [5, 5.41) is 8.80. The Labute approximate surface area is 110 Å². The Morgan fingerprint density at radius 3 is 3.29 bits per heavy atom. The van der Waals surface area contributed by atoms with Gasteiger partial charge in [0.15, 0.2) is 0 Å². The number of alkyl halides is 1. The van der Waals surface area contributed by atoms with Crippen molar-refractivity contribution in [1.29, 1.82) is 0 Å². The minimum absolute atomic E-state index is 0.117. The van der Waals surface area contributed by atoms with Crippen LogP contribution in [0.1, 0.15) is 26.2 Å². The minimum atomic E-state index is 0.117. The number of anilines is 1. The maximum atomic E-state index is 6.34. The van der Waals surface area contributed by atoms with Gasteiger partial charge in [-0.2, -0.15) is 4.98 Å². The molecule has 0 aromatic carbocycles.